The van der Waals surface area contributed by atoms with E-state index in [9.17, 15) is 0 Å². The van der Waals surface area contributed by atoms with Gasteiger partial charge in [0.1, 0.15) is 0 Å². The van der Waals surface area contributed by atoms with Gasteiger partial charge in [0.25, 0.3) is 0 Å². The average molecular weight is 144 g/mol. The molecule has 0 amide bonds. The molecule has 0 saturated carbocycles. The summed E-state index contributed by atoms with van der Waals surface area (Å²) >= 11 is 0. The predicted octanol–water partition coefficient (Wildman–Crippen LogP) is 2.95. The lowest BCUT2D eigenvalue weighted by Gasteiger charge is -2.01. The van der Waals surface area contributed by atoms with Gasteiger partial charge in [-0.15, -0.1) is 0 Å². The highest BCUT2D eigenvalue weighted by Gasteiger charge is 2.08. The van der Waals surface area contributed by atoms with Crippen LogP contribution in [0.4, 0.5) is 0 Å². The van der Waals surface area contributed by atoms with E-state index in [-0.39, 0.29) is 0 Å². The Morgan fingerprint density at radius 2 is 2.00 bits per heavy atom. The molecule has 1 aliphatic carbocycles. The summed E-state index contributed by atoms with van der Waals surface area (Å²) in [4.78, 5) is 0. The zero-order valence-electron chi connectivity index (χ0n) is 7.02. The van der Waals surface area contributed by atoms with Crippen molar-refractivity contribution >= 4 is 5.57 Å². The highest BCUT2D eigenvalue weighted by atomic mass is 14.1. The van der Waals surface area contributed by atoms with Gasteiger partial charge in [0.05, 0.1) is 0 Å². The largest absolute Gasteiger partial charge is 0.0766 e. The SMILES string of the molecule is CC1=CCc2cc(C)ccc21. The number of aryl methyl sites for hydroxylation is 1. The molecule has 0 spiro atoms. The molecule has 11 heavy (non-hydrogen) atoms. The first-order chi connectivity index (χ1) is 5.27. The van der Waals surface area contributed by atoms with Crippen LogP contribution in [-0.4, -0.2) is 0 Å². The van der Waals surface area contributed by atoms with Crippen LogP contribution in [0.5, 0.6) is 0 Å². The molecule has 1 aromatic rings. The topological polar surface area (TPSA) is 0 Å². The fraction of sp³-hybridized carbons (Fsp3) is 0.273. The Hall–Kier alpha value is -1.04. The normalized spacial score (nSPS) is 14.5. The monoisotopic (exact) mass is 144 g/mol. The second-order valence-electron chi connectivity index (χ2n) is 3.25. The fourth-order valence-corrected chi connectivity index (χ4v) is 1.65. The first-order valence-electron chi connectivity index (χ1n) is 4.04. The van der Waals surface area contributed by atoms with Crippen LogP contribution in [0, 0.1) is 6.92 Å². The summed E-state index contributed by atoms with van der Waals surface area (Å²) in [7, 11) is 0. The third-order valence-corrected chi connectivity index (χ3v) is 2.31. The van der Waals surface area contributed by atoms with Gasteiger partial charge in [-0.1, -0.05) is 29.8 Å². The van der Waals surface area contributed by atoms with Gasteiger partial charge in [-0.3, -0.25) is 0 Å². The second kappa shape index (κ2) is 2.23. The van der Waals surface area contributed by atoms with E-state index >= 15 is 0 Å². The van der Waals surface area contributed by atoms with Crippen molar-refractivity contribution in [2.75, 3.05) is 0 Å². The molecule has 0 bridgehead atoms. The van der Waals surface area contributed by atoms with Crippen LogP contribution in [0.25, 0.3) is 5.57 Å². The molecule has 0 heteroatoms. The van der Waals surface area contributed by atoms with Crippen molar-refractivity contribution in [1.29, 1.82) is 0 Å². The number of rotatable bonds is 0. The summed E-state index contributed by atoms with van der Waals surface area (Å²) in [6.45, 7) is 4.33. The highest BCUT2D eigenvalue weighted by molar-refractivity contribution is 5.71. The van der Waals surface area contributed by atoms with Crippen molar-refractivity contribution in [3.05, 3.63) is 41.0 Å². The van der Waals surface area contributed by atoms with Crippen LogP contribution in [-0.2, 0) is 6.42 Å². The van der Waals surface area contributed by atoms with Crippen molar-refractivity contribution in [2.45, 2.75) is 20.3 Å². The molecule has 0 nitrogen and oxygen atoms in total. The van der Waals surface area contributed by atoms with Crippen molar-refractivity contribution in [3.63, 3.8) is 0 Å². The van der Waals surface area contributed by atoms with Crippen LogP contribution in [0.1, 0.15) is 23.6 Å². The maximum Gasteiger partial charge on any atom is -0.00854 e. The van der Waals surface area contributed by atoms with Gasteiger partial charge in [-0.2, -0.15) is 0 Å². The Morgan fingerprint density at radius 3 is 2.82 bits per heavy atom. The summed E-state index contributed by atoms with van der Waals surface area (Å²) in [5, 5.41) is 0. The standard InChI is InChI=1S/C11H12/c1-8-3-6-11-9(2)4-5-10(11)7-8/h3-4,6-7H,5H2,1-2H3. The number of benzene rings is 1. The molecule has 1 aromatic carbocycles. The molecule has 0 saturated heterocycles. The van der Waals surface area contributed by atoms with Crippen molar-refractivity contribution in [2.24, 2.45) is 0 Å². The maximum atomic E-state index is 2.30. The van der Waals surface area contributed by atoms with E-state index < -0.39 is 0 Å². The van der Waals surface area contributed by atoms with E-state index in [1.807, 2.05) is 0 Å². The molecule has 56 valence electrons. The lowest BCUT2D eigenvalue weighted by Crippen LogP contribution is -1.83. The van der Waals surface area contributed by atoms with Crippen LogP contribution < -0.4 is 0 Å². The first kappa shape index (κ1) is 6.66. The quantitative estimate of drug-likeness (QED) is 0.525. The van der Waals surface area contributed by atoms with E-state index in [2.05, 4.69) is 38.1 Å². The lowest BCUT2D eigenvalue weighted by molar-refractivity contribution is 1.28. The van der Waals surface area contributed by atoms with Crippen LogP contribution >= 0.6 is 0 Å². The number of hydrogen-bond acceptors (Lipinski definition) is 0. The molecule has 0 aliphatic heterocycles. The summed E-state index contributed by atoms with van der Waals surface area (Å²) < 4.78 is 0. The summed E-state index contributed by atoms with van der Waals surface area (Å²) in [6.07, 6.45) is 3.42. The van der Waals surface area contributed by atoms with E-state index in [1.165, 1.54) is 22.3 Å². The summed E-state index contributed by atoms with van der Waals surface area (Å²) in [5.74, 6) is 0. The fourth-order valence-electron chi connectivity index (χ4n) is 1.65. The molecular weight excluding hydrogens is 132 g/mol. The number of hydrogen-bond donors (Lipinski definition) is 0. The molecule has 1 aliphatic rings. The zero-order valence-corrected chi connectivity index (χ0v) is 7.02. The van der Waals surface area contributed by atoms with Gasteiger partial charge in [0.15, 0.2) is 0 Å². The summed E-state index contributed by atoms with van der Waals surface area (Å²) in [5.41, 5.74) is 5.73. The first-order valence-corrected chi connectivity index (χ1v) is 4.04. The minimum Gasteiger partial charge on any atom is -0.0766 e. The molecule has 0 N–H and O–H groups in total. The highest BCUT2D eigenvalue weighted by Crippen LogP contribution is 2.27. The minimum absolute atomic E-state index is 1.13. The Morgan fingerprint density at radius 1 is 1.18 bits per heavy atom. The summed E-state index contributed by atoms with van der Waals surface area (Å²) in [6, 6.07) is 6.69. The van der Waals surface area contributed by atoms with Crippen LogP contribution in [0.2, 0.25) is 0 Å². The van der Waals surface area contributed by atoms with E-state index in [4.69, 9.17) is 0 Å². The minimum atomic E-state index is 1.13. The maximum absolute atomic E-state index is 2.30. The molecule has 0 heterocycles. The third kappa shape index (κ3) is 0.988. The van der Waals surface area contributed by atoms with Crippen LogP contribution in [0.15, 0.2) is 24.3 Å². The average Bonchev–Trinajstić information content (AvgIpc) is 2.32. The van der Waals surface area contributed by atoms with Crippen molar-refractivity contribution < 1.29 is 0 Å². The molecule has 0 unspecified atom stereocenters. The molecule has 0 radical (unpaired) electrons. The zero-order chi connectivity index (χ0) is 7.84. The smallest absolute Gasteiger partial charge is 0.00854 e. The molecular formula is C11H12. The van der Waals surface area contributed by atoms with Crippen molar-refractivity contribution in [1.82, 2.24) is 0 Å². The Balaban J connectivity index is 2.58. The predicted molar refractivity (Wildman–Crippen MR) is 48.5 cm³/mol. The van der Waals surface area contributed by atoms with E-state index in [0.29, 0.717) is 0 Å². The third-order valence-electron chi connectivity index (χ3n) is 2.31. The lowest BCUT2D eigenvalue weighted by atomic mass is 10.0. The second-order valence-corrected chi connectivity index (χ2v) is 3.25. The molecule has 2 rings (SSSR count). The van der Waals surface area contributed by atoms with Gasteiger partial charge in [0, 0.05) is 0 Å². The van der Waals surface area contributed by atoms with Crippen LogP contribution in [0.3, 0.4) is 0 Å². The van der Waals surface area contributed by atoms with Gasteiger partial charge in [-0.25, -0.2) is 0 Å². The Labute approximate surface area is 67.6 Å². The molecule has 0 atom stereocenters. The van der Waals surface area contributed by atoms with E-state index in [0.717, 1.165) is 6.42 Å². The molecule has 0 aromatic heterocycles. The Bertz CT molecular complexity index is 319. The van der Waals surface area contributed by atoms with Gasteiger partial charge in [0.2, 0.25) is 0 Å². The van der Waals surface area contributed by atoms with Gasteiger partial charge >= 0.3 is 0 Å². The Kier molecular flexibility index (Phi) is 1.35. The van der Waals surface area contributed by atoms with Gasteiger partial charge in [-0.05, 0) is 37.0 Å². The molecule has 0 fully saturated rings. The van der Waals surface area contributed by atoms with Crippen molar-refractivity contribution in [3.8, 4) is 0 Å². The van der Waals surface area contributed by atoms with Gasteiger partial charge < -0.3 is 0 Å². The van der Waals surface area contributed by atoms with E-state index in [1.54, 1.807) is 0 Å². The number of fused-ring (bicyclic) bond motifs is 1. The number of allylic oxidation sites excluding steroid dienone is 2.